The van der Waals surface area contributed by atoms with E-state index in [0.29, 0.717) is 52.9 Å². The fraction of sp³-hybridized carbons (Fsp3) is 1.00. The number of hydrogen-bond acceptors (Lipinski definition) is 1. The molecule has 4 heteroatoms. The van der Waals surface area contributed by atoms with Gasteiger partial charge in [-0.2, -0.15) is 0 Å². The Balaban J connectivity index is 2.60. The van der Waals surface area contributed by atoms with Gasteiger partial charge in [-0.05, 0) is 0 Å². The van der Waals surface area contributed by atoms with Crippen LogP contribution in [0.3, 0.4) is 0 Å². The van der Waals surface area contributed by atoms with Crippen molar-refractivity contribution in [2.75, 3.05) is 0 Å². The van der Waals surface area contributed by atoms with Crippen LogP contribution in [0.15, 0.2) is 0 Å². The topological polar surface area (TPSA) is 20.2 Å². The Morgan fingerprint density at radius 3 is 1.83 bits per heavy atom. The maximum atomic E-state index is 10.1. The van der Waals surface area contributed by atoms with Gasteiger partial charge in [0.2, 0.25) is 0 Å². The first-order valence-electron chi connectivity index (χ1n) is 4.03. The summed E-state index contributed by atoms with van der Waals surface area (Å²) in [5.74, 6) is 7.58. The molecule has 0 heterocycles. The first-order valence-corrected chi connectivity index (χ1v) is 11.7. The van der Waals surface area contributed by atoms with Crippen molar-refractivity contribution in [1.29, 1.82) is 0 Å². The third-order valence-corrected chi connectivity index (χ3v) is 18.3. The van der Waals surface area contributed by atoms with E-state index in [1.54, 1.807) is 0 Å². The van der Waals surface area contributed by atoms with E-state index in [9.17, 15) is 5.11 Å². The quantitative estimate of drug-likeness (QED) is 0.724. The molecule has 1 N–H and O–H groups in total. The van der Waals surface area contributed by atoms with Crippen LogP contribution in [0.2, 0.25) is 19.6 Å². The normalized spacial score (nSPS) is 21.0. The van der Waals surface area contributed by atoms with Crippen molar-refractivity contribution in [2.45, 2.75) is 38.5 Å². The van der Waals surface area contributed by atoms with Crippen LogP contribution in [0.5, 0.6) is 0 Å². The summed E-state index contributed by atoms with van der Waals surface area (Å²) in [6, 6.07) is 0. The summed E-state index contributed by atoms with van der Waals surface area (Å²) in [5, 5.41) is 10.1. The molecule has 0 amide bonds. The van der Waals surface area contributed by atoms with Gasteiger partial charge in [0.1, 0.15) is 0 Å². The SMILES string of the molecule is C[Se]C([Se]C)([Se]C)C(O)C1CC1. The summed E-state index contributed by atoms with van der Waals surface area (Å²) in [6.45, 7) is 0. The molecule has 12 heavy (non-hydrogen) atoms. The minimum absolute atomic E-state index is 0.0532. The van der Waals surface area contributed by atoms with E-state index < -0.39 is 0 Å². The van der Waals surface area contributed by atoms with Gasteiger partial charge >= 0.3 is 94.4 Å². The van der Waals surface area contributed by atoms with E-state index in [-0.39, 0.29) is 6.10 Å². The Morgan fingerprint density at radius 1 is 1.17 bits per heavy atom. The zero-order valence-corrected chi connectivity index (χ0v) is 12.9. The molecular weight excluding hydrogens is 349 g/mol. The predicted molar refractivity (Wildman–Crippen MR) is 56.3 cm³/mol. The molecular formula is C8H16OSe3. The van der Waals surface area contributed by atoms with E-state index in [2.05, 4.69) is 17.5 Å². The van der Waals surface area contributed by atoms with Gasteiger partial charge in [0, 0.05) is 0 Å². The van der Waals surface area contributed by atoms with Crippen LogP contribution in [0.1, 0.15) is 12.8 Å². The standard InChI is InChI=1S/C8H16OSe3/c1-10-8(11-2,12-3)7(9)6-4-5-6/h6-7,9H,4-5H2,1-3H3. The molecule has 1 fully saturated rings. The van der Waals surface area contributed by atoms with Crippen LogP contribution >= 0.6 is 0 Å². The van der Waals surface area contributed by atoms with Crippen molar-refractivity contribution in [3.8, 4) is 0 Å². The second-order valence-corrected chi connectivity index (χ2v) is 13.6. The van der Waals surface area contributed by atoms with Gasteiger partial charge < -0.3 is 0 Å². The maximum absolute atomic E-state index is 10.1. The molecule has 0 aromatic heterocycles. The van der Waals surface area contributed by atoms with Crippen LogP contribution in [0, 0.1) is 5.92 Å². The molecule has 0 aromatic carbocycles. The molecule has 1 aliphatic carbocycles. The Bertz CT molecular complexity index is 135. The molecule has 1 rings (SSSR count). The fourth-order valence-corrected chi connectivity index (χ4v) is 10.5. The molecule has 72 valence electrons. The molecule has 1 nitrogen and oxygen atoms in total. The molecule has 0 aliphatic heterocycles. The third-order valence-electron chi connectivity index (χ3n) is 2.28. The average molecular weight is 365 g/mol. The number of aliphatic hydroxyl groups excluding tert-OH is 1. The molecule has 0 spiro atoms. The van der Waals surface area contributed by atoms with Crippen molar-refractivity contribution in [2.24, 2.45) is 5.92 Å². The molecule has 1 atom stereocenters. The summed E-state index contributed by atoms with van der Waals surface area (Å²) < 4.78 is 0.411. The monoisotopic (exact) mass is 368 g/mol. The zero-order chi connectivity index (χ0) is 9.19. The molecule has 1 saturated carbocycles. The van der Waals surface area contributed by atoms with Gasteiger partial charge in [0.25, 0.3) is 0 Å². The second-order valence-electron chi connectivity index (χ2n) is 3.00. The van der Waals surface area contributed by atoms with Gasteiger partial charge in [-0.1, -0.05) is 0 Å². The number of rotatable bonds is 5. The first-order chi connectivity index (χ1) is 5.70. The van der Waals surface area contributed by atoms with Crippen LogP contribution in [0.4, 0.5) is 0 Å². The van der Waals surface area contributed by atoms with E-state index in [1.807, 2.05) is 0 Å². The number of aliphatic hydroxyl groups is 1. The molecule has 0 radical (unpaired) electrons. The second kappa shape index (κ2) is 4.84. The Hall–Kier alpha value is 1.52. The fourth-order valence-electron chi connectivity index (χ4n) is 1.31. The van der Waals surface area contributed by atoms with Gasteiger partial charge in [-0.15, -0.1) is 0 Å². The van der Waals surface area contributed by atoms with Gasteiger partial charge in [-0.25, -0.2) is 0 Å². The molecule has 0 bridgehead atoms. The van der Waals surface area contributed by atoms with Crippen molar-refractivity contribution in [1.82, 2.24) is 0 Å². The summed E-state index contributed by atoms with van der Waals surface area (Å²) in [7, 11) is 0. The summed E-state index contributed by atoms with van der Waals surface area (Å²) in [6.07, 6.45) is 2.62. The minimum atomic E-state index is 0.0532. The van der Waals surface area contributed by atoms with Gasteiger partial charge in [-0.3, -0.25) is 0 Å². The van der Waals surface area contributed by atoms with Gasteiger partial charge in [0.05, 0.1) is 0 Å². The Morgan fingerprint density at radius 2 is 1.58 bits per heavy atom. The van der Waals surface area contributed by atoms with Crippen LogP contribution < -0.4 is 0 Å². The summed E-state index contributed by atoms with van der Waals surface area (Å²) >= 11 is 1.91. The van der Waals surface area contributed by atoms with Crippen LogP contribution in [-0.2, 0) is 0 Å². The predicted octanol–water partition coefficient (Wildman–Crippen LogP) is 1.09. The molecule has 1 aliphatic rings. The van der Waals surface area contributed by atoms with E-state index in [0.717, 1.165) is 0 Å². The summed E-state index contributed by atoms with van der Waals surface area (Å²) in [5.41, 5.74) is 0. The number of hydrogen-bond donors (Lipinski definition) is 1. The molecule has 1 unspecified atom stereocenters. The van der Waals surface area contributed by atoms with E-state index >= 15 is 0 Å². The molecule has 0 aromatic rings. The van der Waals surface area contributed by atoms with Crippen molar-refractivity contribution in [3.63, 3.8) is 0 Å². The van der Waals surface area contributed by atoms with Crippen molar-refractivity contribution >= 4 is 44.9 Å². The average Bonchev–Trinajstić information content (AvgIpc) is 2.91. The Labute approximate surface area is 93.9 Å². The van der Waals surface area contributed by atoms with E-state index in [1.165, 1.54) is 12.8 Å². The van der Waals surface area contributed by atoms with Crippen LogP contribution in [0.25, 0.3) is 0 Å². The van der Waals surface area contributed by atoms with Crippen molar-refractivity contribution < 1.29 is 5.11 Å². The first kappa shape index (κ1) is 11.6. The Kier molecular flexibility index (Phi) is 4.68. The van der Waals surface area contributed by atoms with Crippen molar-refractivity contribution in [3.05, 3.63) is 0 Å². The van der Waals surface area contributed by atoms with Gasteiger partial charge in [0.15, 0.2) is 0 Å². The van der Waals surface area contributed by atoms with Crippen LogP contribution in [-0.4, -0.2) is 56.1 Å². The summed E-state index contributed by atoms with van der Waals surface area (Å²) in [4.78, 5) is 0. The third kappa shape index (κ3) is 2.30. The van der Waals surface area contributed by atoms with E-state index in [4.69, 9.17) is 0 Å². The molecule has 0 saturated heterocycles. The zero-order valence-electron chi connectivity index (χ0n) is 7.74.